The number of hydrogen-bond acceptors (Lipinski definition) is 4. The van der Waals surface area contributed by atoms with Gasteiger partial charge in [-0.1, -0.05) is 12.1 Å². The molecule has 0 aliphatic heterocycles. The number of hydrogen-bond donors (Lipinski definition) is 1. The molecule has 1 aromatic heterocycles. The zero-order chi connectivity index (χ0) is 15.6. The van der Waals surface area contributed by atoms with Gasteiger partial charge in [0.05, 0.1) is 11.1 Å². The zero-order valence-corrected chi connectivity index (χ0v) is 12.9. The summed E-state index contributed by atoms with van der Waals surface area (Å²) in [6.45, 7) is 5.10. The second-order valence-electron chi connectivity index (χ2n) is 4.71. The van der Waals surface area contributed by atoms with Gasteiger partial charge in [-0.05, 0) is 32.9 Å². The molecule has 0 radical (unpaired) electrons. The normalized spacial score (nSPS) is 10.6. The van der Waals surface area contributed by atoms with E-state index in [1.165, 1.54) is 18.7 Å². The van der Waals surface area contributed by atoms with Gasteiger partial charge in [-0.3, -0.25) is 4.79 Å². The van der Waals surface area contributed by atoms with E-state index >= 15 is 0 Å². The Morgan fingerprint density at radius 3 is 2.48 bits per heavy atom. The Bertz CT molecular complexity index is 700. The minimum absolute atomic E-state index is 0.0357. The monoisotopic (exact) mass is 304 g/mol. The molecule has 2 rings (SSSR count). The highest BCUT2D eigenvalue weighted by atomic mass is 32.2. The maximum absolute atomic E-state index is 11.7. The van der Waals surface area contributed by atoms with Crippen LogP contribution in [0.2, 0.25) is 0 Å². The van der Waals surface area contributed by atoms with E-state index in [-0.39, 0.29) is 11.3 Å². The third kappa shape index (κ3) is 3.19. The maximum Gasteiger partial charge on any atom is 0.336 e. The Kier molecular flexibility index (Phi) is 4.53. The van der Waals surface area contributed by atoms with Crippen LogP contribution in [0.3, 0.4) is 0 Å². The molecule has 1 heterocycles. The van der Waals surface area contributed by atoms with Crippen LogP contribution in [0.1, 0.15) is 44.7 Å². The number of thioether (sulfide) groups is 1. The van der Waals surface area contributed by atoms with Crippen molar-refractivity contribution >= 4 is 23.5 Å². The maximum atomic E-state index is 11.7. The molecule has 0 unspecified atom stereocenters. The van der Waals surface area contributed by atoms with Crippen LogP contribution < -0.4 is 0 Å². The van der Waals surface area contributed by atoms with Crippen LogP contribution >= 0.6 is 11.8 Å². The summed E-state index contributed by atoms with van der Waals surface area (Å²) in [5.41, 5.74) is 1.71. The highest BCUT2D eigenvalue weighted by Crippen LogP contribution is 2.31. The summed E-state index contributed by atoms with van der Waals surface area (Å²) < 4.78 is 5.52. The number of carbonyl (C=O) groups is 2. The third-order valence-electron chi connectivity index (χ3n) is 3.23. The highest BCUT2D eigenvalue weighted by molar-refractivity contribution is 7.98. The number of Topliss-reactive ketones (excluding diaryl/α,β-unsaturated/α-hetero) is 1. The van der Waals surface area contributed by atoms with Crippen molar-refractivity contribution in [3.63, 3.8) is 0 Å². The summed E-state index contributed by atoms with van der Waals surface area (Å²) in [7, 11) is 0. The van der Waals surface area contributed by atoms with E-state index in [0.29, 0.717) is 27.7 Å². The first-order valence-electron chi connectivity index (χ1n) is 6.46. The summed E-state index contributed by atoms with van der Waals surface area (Å²) in [5.74, 6) is 0.833. The lowest BCUT2D eigenvalue weighted by molar-refractivity contribution is 0.0693. The van der Waals surface area contributed by atoms with Gasteiger partial charge in [0.1, 0.15) is 11.5 Å². The average Bonchev–Trinajstić information content (AvgIpc) is 2.70. The molecule has 0 amide bonds. The molecule has 2 aromatic rings. The standard InChI is InChI=1S/C16H16O4S/c1-9(17)15-11(3)20-10(2)13(15)8-21-14-7-5-4-6-12(14)16(18)19/h4-7H,8H2,1-3H3,(H,18,19). The third-order valence-corrected chi connectivity index (χ3v) is 4.33. The molecule has 0 spiro atoms. The fourth-order valence-corrected chi connectivity index (χ4v) is 3.42. The van der Waals surface area contributed by atoms with Crippen molar-refractivity contribution in [2.24, 2.45) is 0 Å². The van der Waals surface area contributed by atoms with Gasteiger partial charge in [0.2, 0.25) is 0 Å². The minimum atomic E-state index is -0.954. The molecule has 1 aromatic carbocycles. The van der Waals surface area contributed by atoms with Gasteiger partial charge in [-0.2, -0.15) is 0 Å². The molecule has 110 valence electrons. The van der Waals surface area contributed by atoms with Gasteiger partial charge >= 0.3 is 5.97 Å². The second-order valence-corrected chi connectivity index (χ2v) is 5.73. The summed E-state index contributed by atoms with van der Waals surface area (Å²) in [5, 5.41) is 9.18. The average molecular weight is 304 g/mol. The van der Waals surface area contributed by atoms with Crippen molar-refractivity contribution in [1.29, 1.82) is 0 Å². The van der Waals surface area contributed by atoms with E-state index in [4.69, 9.17) is 4.42 Å². The van der Waals surface area contributed by atoms with E-state index in [1.54, 1.807) is 31.2 Å². The number of rotatable bonds is 5. The Labute approximate surface area is 127 Å². The first-order valence-corrected chi connectivity index (χ1v) is 7.45. The van der Waals surface area contributed by atoms with E-state index < -0.39 is 5.97 Å². The van der Waals surface area contributed by atoms with E-state index in [9.17, 15) is 14.7 Å². The van der Waals surface area contributed by atoms with Crippen LogP contribution in [0.5, 0.6) is 0 Å². The molecular formula is C16H16O4S. The van der Waals surface area contributed by atoms with Crippen LogP contribution in [-0.2, 0) is 5.75 Å². The summed E-state index contributed by atoms with van der Waals surface area (Å²) >= 11 is 1.39. The van der Waals surface area contributed by atoms with Crippen LogP contribution in [0, 0.1) is 13.8 Å². The second kappa shape index (κ2) is 6.18. The topological polar surface area (TPSA) is 67.5 Å². The molecule has 0 saturated carbocycles. The lowest BCUT2D eigenvalue weighted by Crippen LogP contribution is -2.00. The first-order chi connectivity index (χ1) is 9.91. The lowest BCUT2D eigenvalue weighted by Gasteiger charge is -2.06. The summed E-state index contributed by atoms with van der Waals surface area (Å²) in [6.07, 6.45) is 0. The van der Waals surface area contributed by atoms with Gasteiger partial charge in [0.15, 0.2) is 5.78 Å². The molecule has 4 nitrogen and oxygen atoms in total. The lowest BCUT2D eigenvalue weighted by atomic mass is 10.1. The van der Waals surface area contributed by atoms with E-state index in [2.05, 4.69) is 0 Å². The predicted molar refractivity (Wildman–Crippen MR) is 81.1 cm³/mol. The van der Waals surface area contributed by atoms with Gasteiger partial charge in [-0.25, -0.2) is 4.79 Å². The van der Waals surface area contributed by atoms with E-state index in [0.717, 1.165) is 5.56 Å². The molecule has 0 atom stereocenters. The van der Waals surface area contributed by atoms with Gasteiger partial charge in [-0.15, -0.1) is 11.8 Å². The van der Waals surface area contributed by atoms with Crippen molar-refractivity contribution in [3.05, 3.63) is 52.5 Å². The molecule has 0 aliphatic carbocycles. The number of carbonyl (C=O) groups excluding carboxylic acids is 1. The quantitative estimate of drug-likeness (QED) is 0.665. The Morgan fingerprint density at radius 1 is 1.19 bits per heavy atom. The molecule has 0 aliphatic rings. The Balaban J connectivity index is 2.29. The van der Waals surface area contributed by atoms with Crippen LogP contribution in [0.25, 0.3) is 0 Å². The molecule has 21 heavy (non-hydrogen) atoms. The largest absolute Gasteiger partial charge is 0.478 e. The van der Waals surface area contributed by atoms with Gasteiger partial charge in [0.25, 0.3) is 0 Å². The molecular weight excluding hydrogens is 288 g/mol. The molecule has 5 heteroatoms. The van der Waals surface area contributed by atoms with E-state index in [1.807, 2.05) is 6.92 Å². The Morgan fingerprint density at radius 2 is 1.86 bits per heavy atom. The number of carboxylic acids is 1. The fourth-order valence-electron chi connectivity index (χ4n) is 2.28. The van der Waals surface area contributed by atoms with Crippen molar-refractivity contribution < 1.29 is 19.1 Å². The highest BCUT2D eigenvalue weighted by Gasteiger charge is 2.19. The number of ketones is 1. The number of aromatic carboxylic acids is 1. The van der Waals surface area contributed by atoms with Crippen LogP contribution in [0.15, 0.2) is 33.6 Å². The molecule has 0 bridgehead atoms. The number of benzene rings is 1. The SMILES string of the molecule is CC(=O)c1c(C)oc(C)c1CSc1ccccc1C(=O)O. The summed E-state index contributed by atoms with van der Waals surface area (Å²) in [4.78, 5) is 23.6. The zero-order valence-electron chi connectivity index (χ0n) is 12.1. The van der Waals surface area contributed by atoms with Gasteiger partial charge < -0.3 is 9.52 Å². The Hall–Kier alpha value is -2.01. The van der Waals surface area contributed by atoms with Crippen molar-refractivity contribution in [2.75, 3.05) is 0 Å². The first kappa shape index (κ1) is 15.4. The molecule has 1 N–H and O–H groups in total. The number of carboxylic acid groups (broad SMARTS) is 1. The molecule has 0 saturated heterocycles. The van der Waals surface area contributed by atoms with Crippen LogP contribution in [-0.4, -0.2) is 16.9 Å². The minimum Gasteiger partial charge on any atom is -0.478 e. The summed E-state index contributed by atoms with van der Waals surface area (Å²) in [6, 6.07) is 6.84. The van der Waals surface area contributed by atoms with Crippen molar-refractivity contribution in [2.45, 2.75) is 31.4 Å². The number of furan rings is 1. The predicted octanol–water partition coefficient (Wildman–Crippen LogP) is 4.09. The smallest absolute Gasteiger partial charge is 0.336 e. The van der Waals surface area contributed by atoms with Crippen molar-refractivity contribution in [1.82, 2.24) is 0 Å². The number of aryl methyl sites for hydroxylation is 2. The molecule has 0 fully saturated rings. The van der Waals surface area contributed by atoms with Crippen molar-refractivity contribution in [3.8, 4) is 0 Å². The van der Waals surface area contributed by atoms with Gasteiger partial charge in [0, 0.05) is 16.2 Å². The van der Waals surface area contributed by atoms with Crippen LogP contribution in [0.4, 0.5) is 0 Å². The fraction of sp³-hybridized carbons (Fsp3) is 0.250.